The fourth-order valence-corrected chi connectivity index (χ4v) is 2.80. The molecule has 0 aliphatic carbocycles. The van der Waals surface area contributed by atoms with E-state index >= 15 is 0 Å². The van der Waals surface area contributed by atoms with Crippen LogP contribution in [0.3, 0.4) is 0 Å². The van der Waals surface area contributed by atoms with E-state index < -0.39 is 0 Å². The van der Waals surface area contributed by atoms with Gasteiger partial charge in [-0.05, 0) is 29.1 Å². The topological polar surface area (TPSA) is 59.1 Å². The SMILES string of the molecule is CNc1nc(NCc2ccc(OC)cc2)c2ccsc2n1. The summed E-state index contributed by atoms with van der Waals surface area (Å²) in [5.41, 5.74) is 1.17. The molecule has 108 valence electrons. The fraction of sp³-hybridized carbons (Fsp3) is 0.200. The molecule has 0 unspecified atom stereocenters. The van der Waals surface area contributed by atoms with Gasteiger partial charge in [-0.2, -0.15) is 4.98 Å². The number of thiophene rings is 1. The van der Waals surface area contributed by atoms with Crippen molar-refractivity contribution in [3.05, 3.63) is 41.3 Å². The monoisotopic (exact) mass is 300 g/mol. The summed E-state index contributed by atoms with van der Waals surface area (Å²) in [5, 5.41) is 9.44. The second-order valence-corrected chi connectivity index (χ2v) is 5.38. The van der Waals surface area contributed by atoms with Crippen LogP contribution >= 0.6 is 11.3 Å². The zero-order valence-electron chi connectivity index (χ0n) is 11.9. The van der Waals surface area contributed by atoms with Crippen molar-refractivity contribution in [3.63, 3.8) is 0 Å². The number of nitrogens with zero attached hydrogens (tertiary/aromatic N) is 2. The van der Waals surface area contributed by atoms with Gasteiger partial charge in [-0.3, -0.25) is 0 Å². The molecule has 0 saturated heterocycles. The molecular weight excluding hydrogens is 284 g/mol. The molecule has 1 aromatic carbocycles. The van der Waals surface area contributed by atoms with Gasteiger partial charge in [0.1, 0.15) is 16.4 Å². The van der Waals surface area contributed by atoms with Crippen LogP contribution in [0.1, 0.15) is 5.56 Å². The molecule has 0 amide bonds. The van der Waals surface area contributed by atoms with Crippen molar-refractivity contribution in [2.45, 2.75) is 6.54 Å². The lowest BCUT2D eigenvalue weighted by atomic mass is 10.2. The van der Waals surface area contributed by atoms with Crippen molar-refractivity contribution in [3.8, 4) is 5.75 Å². The predicted molar refractivity (Wildman–Crippen MR) is 87.3 cm³/mol. The minimum Gasteiger partial charge on any atom is -0.497 e. The zero-order chi connectivity index (χ0) is 14.7. The van der Waals surface area contributed by atoms with E-state index in [2.05, 4.69) is 20.6 Å². The lowest BCUT2D eigenvalue weighted by Crippen LogP contribution is -2.04. The molecule has 0 aliphatic heterocycles. The van der Waals surface area contributed by atoms with E-state index in [9.17, 15) is 0 Å². The number of ether oxygens (including phenoxy) is 1. The highest BCUT2D eigenvalue weighted by molar-refractivity contribution is 7.16. The van der Waals surface area contributed by atoms with Gasteiger partial charge in [-0.15, -0.1) is 11.3 Å². The molecule has 0 bridgehead atoms. The van der Waals surface area contributed by atoms with Crippen molar-refractivity contribution < 1.29 is 4.74 Å². The molecule has 0 atom stereocenters. The fourth-order valence-electron chi connectivity index (χ4n) is 2.03. The van der Waals surface area contributed by atoms with Crippen molar-refractivity contribution in [2.24, 2.45) is 0 Å². The Bertz CT molecular complexity index is 739. The zero-order valence-corrected chi connectivity index (χ0v) is 12.7. The maximum Gasteiger partial charge on any atom is 0.225 e. The van der Waals surface area contributed by atoms with Crippen LogP contribution in [0.5, 0.6) is 5.75 Å². The van der Waals surface area contributed by atoms with Crippen molar-refractivity contribution >= 4 is 33.3 Å². The molecule has 2 heterocycles. The van der Waals surface area contributed by atoms with Crippen LogP contribution in [0.2, 0.25) is 0 Å². The van der Waals surface area contributed by atoms with E-state index in [1.807, 2.05) is 42.8 Å². The van der Waals surface area contributed by atoms with Crippen molar-refractivity contribution in [1.82, 2.24) is 9.97 Å². The number of methoxy groups -OCH3 is 1. The van der Waals surface area contributed by atoms with Crippen molar-refractivity contribution in [1.29, 1.82) is 0 Å². The van der Waals surface area contributed by atoms with Gasteiger partial charge in [0.25, 0.3) is 0 Å². The first-order chi connectivity index (χ1) is 10.3. The van der Waals surface area contributed by atoms with Gasteiger partial charge in [0.05, 0.1) is 12.5 Å². The van der Waals surface area contributed by atoms with Crippen LogP contribution < -0.4 is 15.4 Å². The van der Waals surface area contributed by atoms with Crippen LogP contribution in [0, 0.1) is 0 Å². The molecule has 5 nitrogen and oxygen atoms in total. The number of aromatic nitrogens is 2. The Morgan fingerprint density at radius 2 is 1.95 bits per heavy atom. The average Bonchev–Trinajstić information content (AvgIpc) is 3.01. The number of nitrogens with one attached hydrogen (secondary N) is 2. The number of hydrogen-bond acceptors (Lipinski definition) is 6. The van der Waals surface area contributed by atoms with Gasteiger partial charge in [-0.25, -0.2) is 4.98 Å². The molecule has 0 spiro atoms. The van der Waals surface area contributed by atoms with Crippen LogP contribution in [0.15, 0.2) is 35.7 Å². The largest absolute Gasteiger partial charge is 0.497 e. The van der Waals surface area contributed by atoms with Crippen LogP contribution in [0.4, 0.5) is 11.8 Å². The molecule has 3 rings (SSSR count). The average molecular weight is 300 g/mol. The maximum atomic E-state index is 5.16. The van der Waals surface area contributed by atoms with E-state index in [-0.39, 0.29) is 0 Å². The highest BCUT2D eigenvalue weighted by Gasteiger charge is 2.08. The van der Waals surface area contributed by atoms with E-state index in [1.54, 1.807) is 18.4 Å². The number of hydrogen-bond donors (Lipinski definition) is 2. The van der Waals surface area contributed by atoms with Gasteiger partial charge in [0, 0.05) is 13.6 Å². The van der Waals surface area contributed by atoms with Crippen LogP contribution in [-0.2, 0) is 6.54 Å². The number of fused-ring (bicyclic) bond motifs is 1. The third-order valence-electron chi connectivity index (χ3n) is 3.17. The van der Waals surface area contributed by atoms with E-state index in [1.165, 1.54) is 5.56 Å². The van der Waals surface area contributed by atoms with Crippen molar-refractivity contribution in [2.75, 3.05) is 24.8 Å². The lowest BCUT2D eigenvalue weighted by Gasteiger charge is -2.09. The first kappa shape index (κ1) is 13.6. The van der Waals surface area contributed by atoms with Gasteiger partial charge in [0.2, 0.25) is 5.95 Å². The Kier molecular flexibility index (Phi) is 3.87. The van der Waals surface area contributed by atoms with Gasteiger partial charge in [0.15, 0.2) is 0 Å². The predicted octanol–water partition coefficient (Wildman–Crippen LogP) is 3.35. The summed E-state index contributed by atoms with van der Waals surface area (Å²) >= 11 is 1.61. The number of rotatable bonds is 5. The first-order valence-electron chi connectivity index (χ1n) is 6.60. The van der Waals surface area contributed by atoms with Gasteiger partial charge < -0.3 is 15.4 Å². The molecule has 21 heavy (non-hydrogen) atoms. The van der Waals surface area contributed by atoms with Gasteiger partial charge >= 0.3 is 0 Å². The summed E-state index contributed by atoms with van der Waals surface area (Å²) in [7, 11) is 3.49. The molecule has 2 aromatic heterocycles. The minimum atomic E-state index is 0.627. The summed E-state index contributed by atoms with van der Waals surface area (Å²) in [6.07, 6.45) is 0. The summed E-state index contributed by atoms with van der Waals surface area (Å²) in [6, 6.07) is 10.0. The van der Waals surface area contributed by atoms with Gasteiger partial charge in [-0.1, -0.05) is 12.1 Å². The first-order valence-corrected chi connectivity index (χ1v) is 7.48. The molecule has 6 heteroatoms. The van der Waals surface area contributed by atoms with E-state index in [0.29, 0.717) is 12.5 Å². The van der Waals surface area contributed by atoms with Crippen LogP contribution in [0.25, 0.3) is 10.2 Å². The Morgan fingerprint density at radius 3 is 2.67 bits per heavy atom. The molecule has 0 fully saturated rings. The number of anilines is 2. The second kappa shape index (κ2) is 5.97. The minimum absolute atomic E-state index is 0.627. The summed E-state index contributed by atoms with van der Waals surface area (Å²) < 4.78 is 5.16. The third-order valence-corrected chi connectivity index (χ3v) is 3.97. The molecular formula is C15H16N4OS. The Hall–Kier alpha value is -2.34. The Balaban J connectivity index is 1.81. The Morgan fingerprint density at radius 1 is 1.14 bits per heavy atom. The summed E-state index contributed by atoms with van der Waals surface area (Å²) in [5.74, 6) is 2.34. The van der Waals surface area contributed by atoms with Crippen LogP contribution in [-0.4, -0.2) is 24.1 Å². The molecule has 0 radical (unpaired) electrons. The molecule has 3 aromatic rings. The highest BCUT2D eigenvalue weighted by atomic mass is 32.1. The molecule has 0 aliphatic rings. The van der Waals surface area contributed by atoms with E-state index in [4.69, 9.17) is 4.74 Å². The highest BCUT2D eigenvalue weighted by Crippen LogP contribution is 2.26. The maximum absolute atomic E-state index is 5.16. The summed E-state index contributed by atoms with van der Waals surface area (Å²) in [4.78, 5) is 9.90. The second-order valence-electron chi connectivity index (χ2n) is 4.49. The lowest BCUT2D eigenvalue weighted by molar-refractivity contribution is 0.414. The Labute approximate surface area is 127 Å². The quantitative estimate of drug-likeness (QED) is 0.756. The normalized spacial score (nSPS) is 10.6. The third kappa shape index (κ3) is 2.90. The van der Waals surface area contributed by atoms with E-state index in [0.717, 1.165) is 21.8 Å². The smallest absolute Gasteiger partial charge is 0.225 e. The molecule has 0 saturated carbocycles. The molecule has 2 N–H and O–H groups in total. The summed E-state index contributed by atoms with van der Waals surface area (Å²) in [6.45, 7) is 0.703. The standard InChI is InChI=1S/C15H16N4OS/c1-16-15-18-13(12-7-8-21-14(12)19-15)17-9-10-3-5-11(20-2)6-4-10/h3-8H,9H2,1-2H3,(H2,16,17,18,19). The number of benzene rings is 1.